The first-order chi connectivity index (χ1) is 6.11. The smallest absolute Gasteiger partial charge is 0.328 e. The van der Waals surface area contributed by atoms with Crippen LogP contribution in [0.25, 0.3) is 11.2 Å². The minimum absolute atomic E-state index is 0.490. The van der Waals surface area contributed by atoms with Gasteiger partial charge in [-0.25, -0.2) is 9.55 Å². The number of nitrogens with two attached hydrogens (primary N) is 1. The number of hydrogen-bond donors (Lipinski definition) is 1. The van der Waals surface area contributed by atoms with Crippen molar-refractivity contribution >= 4 is 17.1 Å². The summed E-state index contributed by atoms with van der Waals surface area (Å²) in [6.07, 6.45) is 1.74. The summed E-state index contributed by atoms with van der Waals surface area (Å²) in [6, 6.07) is 0. The molecule has 0 bridgehead atoms. The van der Waals surface area contributed by atoms with Gasteiger partial charge < -0.3 is 4.57 Å². The largest absolute Gasteiger partial charge is 0.391 e. The van der Waals surface area contributed by atoms with Crippen LogP contribution in [-0.4, -0.2) is 14.5 Å². The van der Waals surface area contributed by atoms with Crippen molar-refractivity contribution in [2.45, 2.75) is 6.92 Å². The molecule has 5 nitrogen and oxygen atoms in total. The second-order valence-corrected chi connectivity index (χ2v) is 3.14. The molecule has 0 unspecified atom stereocenters. The van der Waals surface area contributed by atoms with Crippen molar-refractivity contribution in [2.24, 2.45) is 14.1 Å². The quantitative estimate of drug-likeness (QED) is 0.562. The minimum atomic E-state index is 0.490. The lowest BCUT2D eigenvalue weighted by molar-refractivity contribution is -0.664. The van der Waals surface area contributed by atoms with Crippen LogP contribution in [0.15, 0.2) is 6.33 Å². The Morgan fingerprint density at radius 1 is 1.54 bits per heavy atom. The van der Waals surface area contributed by atoms with Crippen LogP contribution in [0.1, 0.15) is 5.69 Å². The van der Waals surface area contributed by atoms with Crippen molar-refractivity contribution in [3.05, 3.63) is 12.0 Å². The van der Waals surface area contributed by atoms with Gasteiger partial charge in [0, 0.05) is 7.05 Å². The van der Waals surface area contributed by atoms with E-state index in [9.17, 15) is 0 Å². The standard InChI is InChI=1S/C8H11N5/c1-5-6-7(10-4-12(6)2)11-8(9)13(5)3/h4,9H,1-3H3/p+1. The average molecular weight is 178 g/mol. The van der Waals surface area contributed by atoms with E-state index < -0.39 is 0 Å². The molecule has 2 aromatic rings. The molecule has 0 spiro atoms. The van der Waals surface area contributed by atoms with Crippen LogP contribution in [0.5, 0.6) is 0 Å². The van der Waals surface area contributed by atoms with Crippen molar-refractivity contribution in [3.8, 4) is 0 Å². The summed E-state index contributed by atoms with van der Waals surface area (Å²) in [5, 5.41) is 0. The van der Waals surface area contributed by atoms with Crippen molar-refractivity contribution in [2.75, 3.05) is 5.73 Å². The summed E-state index contributed by atoms with van der Waals surface area (Å²) < 4.78 is 3.79. The number of hydrogen-bond acceptors (Lipinski definition) is 3. The molecule has 0 atom stereocenters. The Balaban J connectivity index is 2.97. The molecule has 68 valence electrons. The Hall–Kier alpha value is -1.65. The van der Waals surface area contributed by atoms with Gasteiger partial charge >= 0.3 is 5.95 Å². The maximum atomic E-state index is 5.70. The van der Waals surface area contributed by atoms with E-state index in [1.807, 2.05) is 30.2 Å². The van der Waals surface area contributed by atoms with Gasteiger partial charge in [-0.3, -0.25) is 5.73 Å². The van der Waals surface area contributed by atoms with Crippen molar-refractivity contribution in [1.82, 2.24) is 14.5 Å². The Kier molecular flexibility index (Phi) is 1.48. The predicted octanol–water partition coefficient (Wildman–Crippen LogP) is -0.317. The van der Waals surface area contributed by atoms with E-state index >= 15 is 0 Å². The number of rotatable bonds is 0. The van der Waals surface area contributed by atoms with Gasteiger partial charge in [-0.1, -0.05) is 0 Å². The molecule has 13 heavy (non-hydrogen) atoms. The van der Waals surface area contributed by atoms with Crippen LogP contribution in [0.4, 0.5) is 5.95 Å². The number of nitrogens with zero attached hydrogens (tertiary/aromatic N) is 4. The number of aromatic nitrogens is 4. The summed E-state index contributed by atoms with van der Waals surface area (Å²) in [6.45, 7) is 2.00. The first-order valence-electron chi connectivity index (χ1n) is 4.04. The highest BCUT2D eigenvalue weighted by Crippen LogP contribution is 2.11. The van der Waals surface area contributed by atoms with E-state index in [4.69, 9.17) is 5.73 Å². The Morgan fingerprint density at radius 3 is 2.92 bits per heavy atom. The molecule has 0 saturated heterocycles. The van der Waals surface area contributed by atoms with Gasteiger partial charge in [0.15, 0.2) is 0 Å². The van der Waals surface area contributed by atoms with E-state index in [1.165, 1.54) is 0 Å². The highest BCUT2D eigenvalue weighted by atomic mass is 15.2. The zero-order chi connectivity index (χ0) is 9.59. The molecule has 2 heterocycles. The Morgan fingerprint density at radius 2 is 2.23 bits per heavy atom. The Bertz CT molecular complexity index is 471. The average Bonchev–Trinajstić information content (AvgIpc) is 2.43. The van der Waals surface area contributed by atoms with Gasteiger partial charge in [-0.2, -0.15) is 0 Å². The van der Waals surface area contributed by atoms with Crippen LogP contribution in [-0.2, 0) is 14.1 Å². The second-order valence-electron chi connectivity index (χ2n) is 3.14. The summed E-state index contributed by atoms with van der Waals surface area (Å²) in [4.78, 5) is 8.31. The molecule has 0 aromatic carbocycles. The number of nitrogen functional groups attached to an aromatic ring is 1. The van der Waals surface area contributed by atoms with Gasteiger partial charge in [-0.15, -0.1) is 0 Å². The summed E-state index contributed by atoms with van der Waals surface area (Å²) in [7, 11) is 3.84. The summed E-state index contributed by atoms with van der Waals surface area (Å²) >= 11 is 0. The second kappa shape index (κ2) is 2.42. The Labute approximate surface area is 75.8 Å². The van der Waals surface area contributed by atoms with Crippen LogP contribution in [0, 0.1) is 6.92 Å². The third-order valence-corrected chi connectivity index (χ3v) is 2.33. The van der Waals surface area contributed by atoms with E-state index in [-0.39, 0.29) is 0 Å². The molecule has 0 aliphatic carbocycles. The number of anilines is 1. The molecule has 0 aliphatic rings. The number of imidazole rings is 1. The molecule has 2 aromatic heterocycles. The molecular weight excluding hydrogens is 166 g/mol. The summed E-state index contributed by atoms with van der Waals surface area (Å²) in [5.74, 6) is 0.490. The van der Waals surface area contributed by atoms with Gasteiger partial charge in [0.05, 0.1) is 13.4 Å². The molecule has 0 amide bonds. The lowest BCUT2D eigenvalue weighted by Crippen LogP contribution is -2.37. The fraction of sp³-hybridized carbons (Fsp3) is 0.375. The van der Waals surface area contributed by atoms with Gasteiger partial charge in [0.25, 0.3) is 5.65 Å². The van der Waals surface area contributed by atoms with Crippen LogP contribution in [0.3, 0.4) is 0 Å². The first kappa shape index (κ1) is 7.97. The zero-order valence-corrected chi connectivity index (χ0v) is 7.94. The van der Waals surface area contributed by atoms with E-state index in [0.717, 1.165) is 11.2 Å². The molecule has 0 fully saturated rings. The zero-order valence-electron chi connectivity index (χ0n) is 7.94. The third kappa shape index (κ3) is 0.965. The SMILES string of the molecule is Cc1c2c(ncn2C)nc(N)[n+]1C. The van der Waals surface area contributed by atoms with Crippen LogP contribution in [0.2, 0.25) is 0 Å². The fourth-order valence-corrected chi connectivity index (χ4v) is 1.43. The van der Waals surface area contributed by atoms with E-state index in [0.29, 0.717) is 11.6 Å². The highest BCUT2D eigenvalue weighted by molar-refractivity contribution is 5.72. The fourth-order valence-electron chi connectivity index (χ4n) is 1.43. The maximum Gasteiger partial charge on any atom is 0.391 e. The summed E-state index contributed by atoms with van der Waals surface area (Å²) in [5.41, 5.74) is 8.50. The van der Waals surface area contributed by atoms with E-state index in [1.54, 1.807) is 6.33 Å². The molecule has 0 radical (unpaired) electrons. The molecule has 2 N–H and O–H groups in total. The van der Waals surface area contributed by atoms with Crippen molar-refractivity contribution < 1.29 is 4.57 Å². The molecule has 0 saturated carbocycles. The van der Waals surface area contributed by atoms with E-state index in [2.05, 4.69) is 9.97 Å². The normalized spacial score (nSPS) is 11.0. The first-order valence-corrected chi connectivity index (χ1v) is 4.04. The molecular formula is C8H12N5+. The number of fused-ring (bicyclic) bond motifs is 1. The van der Waals surface area contributed by atoms with Gasteiger partial charge in [0.1, 0.15) is 11.2 Å². The molecule has 5 heteroatoms. The molecule has 0 aliphatic heterocycles. The third-order valence-electron chi connectivity index (χ3n) is 2.33. The van der Waals surface area contributed by atoms with Crippen molar-refractivity contribution in [3.63, 3.8) is 0 Å². The lowest BCUT2D eigenvalue weighted by Gasteiger charge is -2.01. The number of aryl methyl sites for hydroxylation is 2. The van der Waals surface area contributed by atoms with Gasteiger partial charge in [-0.05, 0) is 11.9 Å². The van der Waals surface area contributed by atoms with Crippen molar-refractivity contribution in [1.29, 1.82) is 0 Å². The topological polar surface area (TPSA) is 60.6 Å². The predicted molar refractivity (Wildman–Crippen MR) is 48.8 cm³/mol. The van der Waals surface area contributed by atoms with Crippen LogP contribution < -0.4 is 10.3 Å². The minimum Gasteiger partial charge on any atom is -0.328 e. The maximum absolute atomic E-state index is 5.70. The van der Waals surface area contributed by atoms with Gasteiger partial charge in [0.2, 0.25) is 0 Å². The van der Waals surface area contributed by atoms with Crippen LogP contribution >= 0.6 is 0 Å². The highest BCUT2D eigenvalue weighted by Gasteiger charge is 2.15. The monoisotopic (exact) mass is 178 g/mol. The lowest BCUT2D eigenvalue weighted by atomic mass is 10.4. The molecule has 2 rings (SSSR count).